The van der Waals surface area contributed by atoms with Crippen LogP contribution in [-0.2, 0) is 14.8 Å². The average molecular weight is 427 g/mol. The number of nitrogens with one attached hydrogen (secondary N) is 1. The van der Waals surface area contributed by atoms with Crippen LogP contribution in [-0.4, -0.2) is 45.4 Å². The molecule has 28 heavy (non-hydrogen) atoms. The third kappa shape index (κ3) is 5.15. The molecular weight excluding hydrogens is 404 g/mol. The quantitative estimate of drug-likeness (QED) is 0.664. The molecule has 0 heterocycles. The van der Waals surface area contributed by atoms with E-state index in [9.17, 15) is 13.2 Å². The molecule has 0 fully saturated rings. The number of amides is 1. The van der Waals surface area contributed by atoms with Gasteiger partial charge in [0.2, 0.25) is 10.0 Å². The summed E-state index contributed by atoms with van der Waals surface area (Å²) in [6.45, 7) is 3.72. The molecule has 0 unspecified atom stereocenters. The van der Waals surface area contributed by atoms with E-state index in [1.165, 1.54) is 29.6 Å². The number of carbonyl (C=O) groups excluding carboxylic acids is 1. The lowest BCUT2D eigenvalue weighted by molar-refractivity contribution is -0.118. The molecule has 2 aromatic rings. The first-order valence-electron chi connectivity index (χ1n) is 8.68. The summed E-state index contributed by atoms with van der Waals surface area (Å²) in [6.07, 6.45) is 0. The van der Waals surface area contributed by atoms with Crippen LogP contribution in [0.2, 0.25) is 5.02 Å². The Morgan fingerprint density at radius 1 is 1.11 bits per heavy atom. The zero-order chi connectivity index (χ0) is 20.7. The molecule has 1 N–H and O–H groups in total. The minimum atomic E-state index is -3.80. The van der Waals surface area contributed by atoms with Crippen LogP contribution < -0.4 is 14.8 Å². The van der Waals surface area contributed by atoms with Gasteiger partial charge < -0.3 is 14.8 Å². The summed E-state index contributed by atoms with van der Waals surface area (Å²) < 4.78 is 37.7. The van der Waals surface area contributed by atoms with Crippen LogP contribution in [0, 0.1) is 0 Å². The van der Waals surface area contributed by atoms with Gasteiger partial charge >= 0.3 is 0 Å². The maximum Gasteiger partial charge on any atom is 0.262 e. The number of hydrogen-bond donors (Lipinski definition) is 1. The largest absolute Gasteiger partial charge is 0.495 e. The molecular formula is C19H23ClN2O5S. The molecule has 0 aliphatic rings. The van der Waals surface area contributed by atoms with Crippen LogP contribution in [0.25, 0.3) is 0 Å². The maximum atomic E-state index is 12.9. The number of carbonyl (C=O) groups is 1. The van der Waals surface area contributed by atoms with E-state index in [1.54, 1.807) is 38.1 Å². The molecule has 7 nitrogen and oxygen atoms in total. The Labute approximate surface area is 170 Å². The molecule has 0 aromatic heterocycles. The van der Waals surface area contributed by atoms with Gasteiger partial charge in [-0.15, -0.1) is 0 Å². The molecule has 152 valence electrons. The van der Waals surface area contributed by atoms with Crippen LogP contribution in [0.15, 0.2) is 47.4 Å². The Morgan fingerprint density at radius 2 is 1.79 bits per heavy atom. The summed E-state index contributed by atoms with van der Waals surface area (Å²) in [5, 5.41) is 2.93. The van der Waals surface area contributed by atoms with Crippen molar-refractivity contribution in [1.82, 2.24) is 4.31 Å². The Morgan fingerprint density at radius 3 is 2.43 bits per heavy atom. The number of halogens is 1. The zero-order valence-corrected chi connectivity index (χ0v) is 17.5. The van der Waals surface area contributed by atoms with Crippen molar-refractivity contribution in [2.75, 3.05) is 32.1 Å². The second-order valence-corrected chi connectivity index (χ2v) is 8.06. The van der Waals surface area contributed by atoms with Crippen molar-refractivity contribution in [2.24, 2.45) is 0 Å². The molecule has 2 aromatic carbocycles. The standard InChI is InChI=1S/C19H23ClN2O5S/c1-4-22(5-2)28(24,25)18-12-14(20)10-11-17(18)27-13-19(23)21-15-8-6-7-9-16(15)26-3/h6-12H,4-5,13H2,1-3H3,(H,21,23). The Hall–Kier alpha value is -2.29. The van der Waals surface area contributed by atoms with E-state index >= 15 is 0 Å². The third-order valence-corrected chi connectivity index (χ3v) is 6.28. The van der Waals surface area contributed by atoms with Gasteiger partial charge in [0.25, 0.3) is 5.91 Å². The van der Waals surface area contributed by atoms with Gasteiger partial charge in [0.1, 0.15) is 16.4 Å². The molecule has 0 saturated carbocycles. The predicted octanol–water partition coefficient (Wildman–Crippen LogP) is 3.40. The molecule has 1 amide bonds. The third-order valence-electron chi connectivity index (χ3n) is 3.97. The average Bonchev–Trinajstić information content (AvgIpc) is 2.68. The first-order chi connectivity index (χ1) is 13.3. The van der Waals surface area contributed by atoms with E-state index in [4.69, 9.17) is 21.1 Å². The predicted molar refractivity (Wildman–Crippen MR) is 109 cm³/mol. The molecule has 0 spiro atoms. The minimum Gasteiger partial charge on any atom is -0.495 e. The fourth-order valence-corrected chi connectivity index (χ4v) is 4.43. The van der Waals surface area contributed by atoms with Crippen molar-refractivity contribution < 1.29 is 22.7 Å². The number of hydrogen-bond acceptors (Lipinski definition) is 5. The van der Waals surface area contributed by atoms with E-state index < -0.39 is 15.9 Å². The van der Waals surface area contributed by atoms with Gasteiger partial charge in [-0.1, -0.05) is 37.6 Å². The van der Waals surface area contributed by atoms with Gasteiger partial charge in [-0.25, -0.2) is 8.42 Å². The van der Waals surface area contributed by atoms with Crippen molar-refractivity contribution >= 4 is 33.2 Å². The highest BCUT2D eigenvalue weighted by Gasteiger charge is 2.26. The number of rotatable bonds is 9. The van der Waals surface area contributed by atoms with Crippen LogP contribution >= 0.6 is 11.6 Å². The second-order valence-electron chi connectivity index (χ2n) is 5.72. The topological polar surface area (TPSA) is 84.9 Å². The summed E-state index contributed by atoms with van der Waals surface area (Å²) in [5.41, 5.74) is 0.491. The molecule has 0 radical (unpaired) electrons. The summed E-state index contributed by atoms with van der Waals surface area (Å²) in [4.78, 5) is 12.2. The van der Waals surface area contributed by atoms with Gasteiger partial charge in [0.15, 0.2) is 6.61 Å². The van der Waals surface area contributed by atoms with Gasteiger partial charge in [0, 0.05) is 18.1 Å². The summed E-state index contributed by atoms with van der Waals surface area (Å²) >= 11 is 5.99. The first kappa shape index (κ1) is 22.0. The van der Waals surface area contributed by atoms with Gasteiger partial charge in [-0.05, 0) is 30.3 Å². The van der Waals surface area contributed by atoms with E-state index in [0.717, 1.165) is 0 Å². The van der Waals surface area contributed by atoms with Gasteiger partial charge in [-0.2, -0.15) is 4.31 Å². The number of ether oxygens (including phenoxy) is 2. The SMILES string of the molecule is CCN(CC)S(=O)(=O)c1cc(Cl)ccc1OCC(=O)Nc1ccccc1OC. The number of sulfonamides is 1. The Kier molecular flexibility index (Phi) is 7.68. The van der Waals surface area contributed by atoms with Crippen molar-refractivity contribution in [2.45, 2.75) is 18.7 Å². The number of methoxy groups -OCH3 is 1. The monoisotopic (exact) mass is 426 g/mol. The Bertz CT molecular complexity index is 930. The normalized spacial score (nSPS) is 11.3. The van der Waals surface area contributed by atoms with Gasteiger partial charge in [-0.3, -0.25) is 4.79 Å². The second kappa shape index (κ2) is 9.77. The van der Waals surface area contributed by atoms with Gasteiger partial charge in [0.05, 0.1) is 12.8 Å². The lowest BCUT2D eigenvalue weighted by atomic mass is 10.3. The molecule has 0 aliphatic carbocycles. The molecule has 2 rings (SSSR count). The maximum absolute atomic E-state index is 12.9. The number of para-hydroxylation sites is 2. The Balaban J connectivity index is 2.19. The van der Waals surface area contributed by atoms with E-state index in [1.807, 2.05) is 0 Å². The molecule has 0 saturated heterocycles. The van der Waals surface area contributed by atoms with Crippen LogP contribution in [0.5, 0.6) is 11.5 Å². The number of benzene rings is 2. The first-order valence-corrected chi connectivity index (χ1v) is 10.5. The van der Waals surface area contributed by atoms with Crippen molar-refractivity contribution in [1.29, 1.82) is 0 Å². The van der Waals surface area contributed by atoms with Crippen LogP contribution in [0.1, 0.15) is 13.8 Å². The van der Waals surface area contributed by atoms with Crippen molar-refractivity contribution in [3.05, 3.63) is 47.5 Å². The van der Waals surface area contributed by atoms with E-state index in [2.05, 4.69) is 5.32 Å². The highest BCUT2D eigenvalue weighted by molar-refractivity contribution is 7.89. The fraction of sp³-hybridized carbons (Fsp3) is 0.316. The number of anilines is 1. The fourth-order valence-electron chi connectivity index (χ4n) is 2.58. The molecule has 0 aliphatic heterocycles. The smallest absolute Gasteiger partial charge is 0.262 e. The van der Waals surface area contributed by atoms with Crippen molar-refractivity contribution in [3.8, 4) is 11.5 Å². The highest BCUT2D eigenvalue weighted by atomic mass is 35.5. The highest BCUT2D eigenvalue weighted by Crippen LogP contribution is 2.30. The zero-order valence-electron chi connectivity index (χ0n) is 15.9. The van der Waals surface area contributed by atoms with Crippen LogP contribution in [0.4, 0.5) is 5.69 Å². The molecule has 0 bridgehead atoms. The summed E-state index contributed by atoms with van der Waals surface area (Å²) in [6, 6.07) is 11.2. The lowest BCUT2D eigenvalue weighted by Crippen LogP contribution is -2.31. The summed E-state index contributed by atoms with van der Waals surface area (Å²) in [7, 11) is -2.30. The lowest BCUT2D eigenvalue weighted by Gasteiger charge is -2.20. The van der Waals surface area contributed by atoms with E-state index in [-0.39, 0.29) is 22.3 Å². The number of nitrogens with zero attached hydrogens (tertiary/aromatic N) is 1. The molecule has 9 heteroatoms. The van der Waals surface area contributed by atoms with Crippen LogP contribution in [0.3, 0.4) is 0 Å². The van der Waals surface area contributed by atoms with Crippen molar-refractivity contribution in [3.63, 3.8) is 0 Å². The summed E-state index contributed by atoms with van der Waals surface area (Å²) in [5.74, 6) is 0.115. The minimum absolute atomic E-state index is 0.0616. The van der Waals surface area contributed by atoms with E-state index in [0.29, 0.717) is 24.5 Å². The molecule has 0 atom stereocenters.